The van der Waals surface area contributed by atoms with Crippen LogP contribution < -0.4 is 16.6 Å². The maximum atomic E-state index is 10.6. The van der Waals surface area contributed by atoms with Crippen LogP contribution in [0.5, 0.6) is 0 Å². The average Bonchev–Trinajstić information content (AvgIpc) is 2.63. The molecule has 5 N–H and O–H groups in total. The number of halogens is 1. The number of hydrogen-bond donors (Lipinski definition) is 4. The van der Waals surface area contributed by atoms with Gasteiger partial charge in [-0.1, -0.05) is 25.7 Å². The molecule has 0 aromatic carbocycles. The second kappa shape index (κ2) is 6.49. The number of aromatic nitrogens is 2. The molecular formula is C12H20BrN5O. The first-order valence-corrected chi connectivity index (χ1v) is 7.38. The van der Waals surface area contributed by atoms with Crippen LogP contribution in [0.25, 0.3) is 0 Å². The molecule has 19 heavy (non-hydrogen) atoms. The molecule has 1 aromatic rings. The molecule has 6 nitrogen and oxygen atoms in total. The maximum absolute atomic E-state index is 10.6. The van der Waals surface area contributed by atoms with Crippen molar-refractivity contribution in [1.82, 2.24) is 9.97 Å². The summed E-state index contributed by atoms with van der Waals surface area (Å²) >= 11 is 3.38. The van der Waals surface area contributed by atoms with Crippen LogP contribution in [0.3, 0.4) is 0 Å². The van der Waals surface area contributed by atoms with Crippen LogP contribution in [0.1, 0.15) is 38.5 Å². The van der Waals surface area contributed by atoms with Crippen molar-refractivity contribution in [3.05, 3.63) is 10.7 Å². The summed E-state index contributed by atoms with van der Waals surface area (Å²) in [5.41, 5.74) is 1.76. The van der Waals surface area contributed by atoms with E-state index in [1.165, 1.54) is 12.8 Å². The zero-order chi connectivity index (χ0) is 13.7. The van der Waals surface area contributed by atoms with E-state index in [1.807, 2.05) is 0 Å². The molecule has 0 radical (unpaired) electrons. The smallest absolute Gasteiger partial charge is 0.239 e. The molecular weight excluding hydrogens is 310 g/mol. The fourth-order valence-electron chi connectivity index (χ4n) is 2.37. The summed E-state index contributed by atoms with van der Waals surface area (Å²) in [6.45, 7) is 0.493. The van der Waals surface area contributed by atoms with E-state index in [9.17, 15) is 5.11 Å². The van der Waals surface area contributed by atoms with Crippen LogP contribution >= 0.6 is 15.9 Å². The second-order valence-corrected chi connectivity index (χ2v) is 5.88. The van der Waals surface area contributed by atoms with Crippen molar-refractivity contribution >= 4 is 27.7 Å². The molecule has 0 atom stereocenters. The third-order valence-electron chi connectivity index (χ3n) is 3.49. The van der Waals surface area contributed by atoms with Crippen molar-refractivity contribution in [2.45, 2.75) is 44.1 Å². The van der Waals surface area contributed by atoms with Gasteiger partial charge >= 0.3 is 0 Å². The van der Waals surface area contributed by atoms with Crippen LogP contribution in [0, 0.1) is 0 Å². The molecule has 0 saturated heterocycles. The van der Waals surface area contributed by atoms with Gasteiger partial charge in [0.25, 0.3) is 0 Å². The Morgan fingerprint density at radius 2 is 2.00 bits per heavy atom. The molecule has 7 heteroatoms. The van der Waals surface area contributed by atoms with Gasteiger partial charge in [-0.3, -0.25) is 5.43 Å². The molecule has 0 aliphatic heterocycles. The number of hydrazine groups is 1. The largest absolute Gasteiger partial charge is 0.388 e. The number of rotatable bonds is 4. The lowest BCUT2D eigenvalue weighted by Crippen LogP contribution is -2.36. The number of nitrogen functional groups attached to an aromatic ring is 1. The molecule has 0 bridgehead atoms. The summed E-state index contributed by atoms with van der Waals surface area (Å²) in [5, 5.41) is 13.8. The minimum absolute atomic E-state index is 0.346. The SMILES string of the molecule is NNc1ncc(Br)c(NCC2(O)CCCCCC2)n1. The first kappa shape index (κ1) is 14.5. The Hall–Kier alpha value is -0.920. The molecule has 1 aliphatic carbocycles. The van der Waals surface area contributed by atoms with Gasteiger partial charge in [-0.2, -0.15) is 4.98 Å². The van der Waals surface area contributed by atoms with Crippen LogP contribution in [0.15, 0.2) is 10.7 Å². The van der Waals surface area contributed by atoms with Gasteiger partial charge in [-0.25, -0.2) is 10.8 Å². The quantitative estimate of drug-likeness (QED) is 0.383. The fourth-order valence-corrected chi connectivity index (χ4v) is 2.70. The molecule has 0 amide bonds. The Bertz CT molecular complexity index is 421. The lowest BCUT2D eigenvalue weighted by atomic mass is 9.94. The summed E-state index contributed by atoms with van der Waals surface area (Å²) in [6, 6.07) is 0. The summed E-state index contributed by atoms with van der Waals surface area (Å²) in [6.07, 6.45) is 7.88. The van der Waals surface area contributed by atoms with Gasteiger partial charge in [-0.05, 0) is 28.8 Å². The number of nitrogens with one attached hydrogen (secondary N) is 2. The van der Waals surface area contributed by atoms with Gasteiger partial charge in [0.1, 0.15) is 5.82 Å². The third-order valence-corrected chi connectivity index (χ3v) is 4.07. The summed E-state index contributed by atoms with van der Waals surface area (Å²) in [4.78, 5) is 8.20. The number of hydrogen-bond acceptors (Lipinski definition) is 6. The van der Waals surface area contributed by atoms with Gasteiger partial charge in [0, 0.05) is 12.7 Å². The minimum atomic E-state index is -0.642. The van der Waals surface area contributed by atoms with E-state index < -0.39 is 5.60 Å². The summed E-state index contributed by atoms with van der Waals surface area (Å²) < 4.78 is 0.753. The van der Waals surface area contributed by atoms with E-state index in [0.29, 0.717) is 18.3 Å². The van der Waals surface area contributed by atoms with Crippen molar-refractivity contribution in [2.24, 2.45) is 5.84 Å². The van der Waals surface area contributed by atoms with Crippen molar-refractivity contribution < 1.29 is 5.11 Å². The Kier molecular flexibility index (Phi) is 4.95. The average molecular weight is 330 g/mol. The van der Waals surface area contributed by atoms with E-state index >= 15 is 0 Å². The molecule has 1 heterocycles. The van der Waals surface area contributed by atoms with Gasteiger partial charge in [0.15, 0.2) is 0 Å². The summed E-state index contributed by atoms with van der Waals surface area (Å²) in [5.74, 6) is 6.27. The predicted molar refractivity (Wildman–Crippen MR) is 78.7 cm³/mol. The van der Waals surface area contributed by atoms with Crippen LogP contribution in [0.2, 0.25) is 0 Å². The summed E-state index contributed by atoms with van der Waals surface area (Å²) in [7, 11) is 0. The monoisotopic (exact) mass is 329 g/mol. The van der Waals surface area contributed by atoms with E-state index in [0.717, 1.165) is 30.2 Å². The highest BCUT2D eigenvalue weighted by Crippen LogP contribution is 2.28. The lowest BCUT2D eigenvalue weighted by molar-refractivity contribution is 0.0380. The molecule has 1 fully saturated rings. The normalized spacial score (nSPS) is 18.7. The Balaban J connectivity index is 2.00. The second-order valence-electron chi connectivity index (χ2n) is 5.03. The zero-order valence-electron chi connectivity index (χ0n) is 10.8. The van der Waals surface area contributed by atoms with Crippen molar-refractivity contribution in [3.63, 3.8) is 0 Å². The highest BCUT2D eigenvalue weighted by atomic mass is 79.9. The minimum Gasteiger partial charge on any atom is -0.388 e. The first-order valence-electron chi connectivity index (χ1n) is 6.58. The Morgan fingerprint density at radius 1 is 1.32 bits per heavy atom. The molecule has 2 rings (SSSR count). The van der Waals surface area contributed by atoms with Crippen molar-refractivity contribution in [3.8, 4) is 0 Å². The van der Waals surface area contributed by atoms with Crippen LogP contribution in [0.4, 0.5) is 11.8 Å². The van der Waals surface area contributed by atoms with Crippen molar-refractivity contribution in [1.29, 1.82) is 0 Å². The van der Waals surface area contributed by atoms with Gasteiger partial charge in [0.05, 0.1) is 10.1 Å². The molecule has 0 unspecified atom stereocenters. The van der Waals surface area contributed by atoms with Crippen LogP contribution in [-0.2, 0) is 0 Å². The fraction of sp³-hybridized carbons (Fsp3) is 0.667. The van der Waals surface area contributed by atoms with E-state index in [1.54, 1.807) is 6.20 Å². The van der Waals surface area contributed by atoms with Gasteiger partial charge in [0.2, 0.25) is 5.95 Å². The Morgan fingerprint density at radius 3 is 2.63 bits per heavy atom. The molecule has 1 aliphatic rings. The highest BCUT2D eigenvalue weighted by molar-refractivity contribution is 9.10. The van der Waals surface area contributed by atoms with Crippen LogP contribution in [-0.4, -0.2) is 27.2 Å². The Labute approximate surface area is 121 Å². The molecule has 0 spiro atoms. The highest BCUT2D eigenvalue weighted by Gasteiger charge is 2.28. The number of nitrogens with two attached hydrogens (primary N) is 1. The third kappa shape index (κ3) is 4.02. The standard InChI is InChI=1S/C12H20BrN5O/c13-9-7-15-11(18-14)17-10(9)16-8-12(19)5-3-1-2-4-6-12/h7,19H,1-6,8,14H2,(H2,15,16,17,18). The molecule has 106 valence electrons. The zero-order valence-corrected chi connectivity index (χ0v) is 12.4. The lowest BCUT2D eigenvalue weighted by Gasteiger charge is -2.27. The number of anilines is 2. The van der Waals surface area contributed by atoms with E-state index in [-0.39, 0.29) is 0 Å². The van der Waals surface area contributed by atoms with E-state index in [2.05, 4.69) is 36.6 Å². The number of nitrogens with zero attached hydrogens (tertiary/aromatic N) is 2. The molecule has 1 saturated carbocycles. The van der Waals surface area contributed by atoms with Crippen molar-refractivity contribution in [2.75, 3.05) is 17.3 Å². The van der Waals surface area contributed by atoms with Gasteiger partial charge in [-0.15, -0.1) is 0 Å². The molecule has 1 aromatic heterocycles. The topological polar surface area (TPSA) is 96.1 Å². The van der Waals surface area contributed by atoms with Gasteiger partial charge < -0.3 is 10.4 Å². The maximum Gasteiger partial charge on any atom is 0.239 e. The number of aliphatic hydroxyl groups is 1. The predicted octanol–water partition coefficient (Wildman–Crippen LogP) is 2.02. The first-order chi connectivity index (χ1) is 9.13. The van der Waals surface area contributed by atoms with E-state index in [4.69, 9.17) is 5.84 Å².